The van der Waals surface area contributed by atoms with E-state index < -0.39 is 11.9 Å². The molecule has 1 unspecified atom stereocenters. The van der Waals surface area contributed by atoms with Crippen LogP contribution in [-0.4, -0.2) is 40.0 Å². The summed E-state index contributed by atoms with van der Waals surface area (Å²) < 4.78 is 0. The van der Waals surface area contributed by atoms with Gasteiger partial charge < -0.3 is 15.7 Å². The van der Waals surface area contributed by atoms with Gasteiger partial charge >= 0.3 is 5.97 Å². The molecule has 98 valence electrons. The number of carbonyl (C=O) groups is 2. The van der Waals surface area contributed by atoms with E-state index in [0.717, 1.165) is 0 Å². The van der Waals surface area contributed by atoms with Crippen molar-refractivity contribution in [3.05, 3.63) is 10.6 Å². The minimum Gasteiger partial charge on any atom is -0.481 e. The Bertz CT molecular complexity index is 494. The van der Waals surface area contributed by atoms with Crippen molar-refractivity contribution in [1.82, 2.24) is 9.88 Å². The summed E-state index contributed by atoms with van der Waals surface area (Å²) in [5.41, 5.74) is 6.19. The fourth-order valence-electron chi connectivity index (χ4n) is 1.96. The van der Waals surface area contributed by atoms with E-state index in [9.17, 15) is 9.59 Å². The Morgan fingerprint density at radius 1 is 1.56 bits per heavy atom. The number of carboxylic acids is 1. The molecule has 1 aromatic rings. The highest BCUT2D eigenvalue weighted by Crippen LogP contribution is 2.28. The Labute approximate surface area is 108 Å². The summed E-state index contributed by atoms with van der Waals surface area (Å²) in [7, 11) is 0. The lowest BCUT2D eigenvalue weighted by Gasteiger charge is -2.41. The number of rotatable bonds is 3. The molecule has 1 aliphatic heterocycles. The lowest BCUT2D eigenvalue weighted by atomic mass is 9.87. The molecular weight excluding hydrogens is 254 g/mol. The first-order valence-electron chi connectivity index (χ1n) is 5.65. The van der Waals surface area contributed by atoms with E-state index in [4.69, 9.17) is 10.8 Å². The zero-order valence-electron chi connectivity index (χ0n) is 10.2. The van der Waals surface area contributed by atoms with Gasteiger partial charge in [0.1, 0.15) is 4.88 Å². The molecule has 0 bridgehead atoms. The first-order chi connectivity index (χ1) is 8.40. The van der Waals surface area contributed by atoms with Crippen LogP contribution in [0.4, 0.5) is 5.13 Å². The number of carboxylic acid groups (broad SMARTS) is 1. The average Bonchev–Trinajstić information content (AvgIpc) is 2.55. The molecule has 3 N–H and O–H groups in total. The summed E-state index contributed by atoms with van der Waals surface area (Å²) in [6.45, 7) is 4.40. The molecule has 1 aromatic heterocycles. The number of hydrogen-bond donors (Lipinski definition) is 2. The third-order valence-electron chi connectivity index (χ3n) is 3.30. The van der Waals surface area contributed by atoms with Crippen LogP contribution in [0.15, 0.2) is 0 Å². The van der Waals surface area contributed by atoms with Crippen LogP contribution in [-0.2, 0) is 4.79 Å². The maximum Gasteiger partial charge on any atom is 0.306 e. The van der Waals surface area contributed by atoms with Crippen molar-refractivity contribution in [1.29, 1.82) is 0 Å². The molecule has 0 radical (unpaired) electrons. The average molecular weight is 269 g/mol. The Kier molecular flexibility index (Phi) is 3.25. The van der Waals surface area contributed by atoms with Gasteiger partial charge in [-0.25, -0.2) is 4.98 Å². The standard InChI is InChI=1S/C11H15N3O3S/c1-5(10(16)17)7-3-14(4-7)9(15)8-6(2)13-11(12)18-8/h5,7H,3-4H2,1-2H3,(H2,12,13)(H,16,17). The van der Waals surface area contributed by atoms with Crippen LogP contribution in [0.2, 0.25) is 0 Å². The van der Waals surface area contributed by atoms with Crippen LogP contribution in [0.3, 0.4) is 0 Å². The van der Waals surface area contributed by atoms with E-state index in [1.54, 1.807) is 18.7 Å². The van der Waals surface area contributed by atoms with E-state index in [2.05, 4.69) is 4.98 Å². The van der Waals surface area contributed by atoms with E-state index in [1.165, 1.54) is 11.3 Å². The quantitative estimate of drug-likeness (QED) is 0.847. The highest BCUT2D eigenvalue weighted by Gasteiger charge is 2.38. The van der Waals surface area contributed by atoms with Gasteiger partial charge in [0.25, 0.3) is 5.91 Å². The lowest BCUT2D eigenvalue weighted by molar-refractivity contribution is -0.144. The van der Waals surface area contributed by atoms with Gasteiger partial charge in [-0.3, -0.25) is 9.59 Å². The number of nitrogens with two attached hydrogens (primary N) is 1. The van der Waals surface area contributed by atoms with Gasteiger partial charge in [-0.1, -0.05) is 18.3 Å². The number of aliphatic carboxylic acids is 1. The number of aryl methyl sites for hydroxylation is 1. The Hall–Kier alpha value is -1.63. The van der Waals surface area contributed by atoms with Crippen LogP contribution in [0, 0.1) is 18.8 Å². The molecule has 0 saturated carbocycles. The van der Waals surface area contributed by atoms with E-state index in [1.807, 2.05) is 0 Å². The van der Waals surface area contributed by atoms with Gasteiger partial charge in [-0.15, -0.1) is 0 Å². The molecule has 6 nitrogen and oxygen atoms in total. The molecule has 2 rings (SSSR count). The first kappa shape index (κ1) is 12.8. The molecule has 1 fully saturated rings. The molecule has 0 aromatic carbocycles. The van der Waals surface area contributed by atoms with E-state index in [-0.39, 0.29) is 11.8 Å². The largest absolute Gasteiger partial charge is 0.481 e. The number of amides is 1. The normalized spacial score (nSPS) is 17.3. The number of carbonyl (C=O) groups excluding carboxylic acids is 1. The third kappa shape index (κ3) is 2.17. The zero-order valence-corrected chi connectivity index (χ0v) is 11.0. The number of aromatic nitrogens is 1. The van der Waals surface area contributed by atoms with Crippen LogP contribution in [0.25, 0.3) is 0 Å². The predicted molar refractivity (Wildman–Crippen MR) is 67.5 cm³/mol. The molecule has 0 spiro atoms. The Balaban J connectivity index is 1.98. The number of nitrogen functional groups attached to an aromatic ring is 1. The monoisotopic (exact) mass is 269 g/mol. The van der Waals surface area contributed by atoms with Crippen molar-refractivity contribution < 1.29 is 14.7 Å². The van der Waals surface area contributed by atoms with Crippen molar-refractivity contribution in [2.24, 2.45) is 11.8 Å². The zero-order chi connectivity index (χ0) is 13.4. The van der Waals surface area contributed by atoms with E-state index >= 15 is 0 Å². The minimum absolute atomic E-state index is 0.0389. The molecule has 18 heavy (non-hydrogen) atoms. The molecule has 0 aliphatic carbocycles. The van der Waals surface area contributed by atoms with Crippen molar-refractivity contribution in [2.45, 2.75) is 13.8 Å². The summed E-state index contributed by atoms with van der Waals surface area (Å²) >= 11 is 1.18. The van der Waals surface area contributed by atoms with Gasteiger partial charge in [0.05, 0.1) is 11.6 Å². The highest BCUT2D eigenvalue weighted by molar-refractivity contribution is 7.17. The first-order valence-corrected chi connectivity index (χ1v) is 6.46. The van der Waals surface area contributed by atoms with E-state index in [0.29, 0.717) is 28.8 Å². The van der Waals surface area contributed by atoms with Gasteiger partial charge in [-0.2, -0.15) is 0 Å². The summed E-state index contributed by atoms with van der Waals surface area (Å²) in [5.74, 6) is -1.29. The Morgan fingerprint density at radius 3 is 2.61 bits per heavy atom. The fraction of sp³-hybridized carbons (Fsp3) is 0.545. The maximum absolute atomic E-state index is 12.1. The molecule has 7 heteroatoms. The van der Waals surface area contributed by atoms with Gasteiger partial charge in [-0.05, 0) is 6.92 Å². The van der Waals surface area contributed by atoms with Crippen molar-refractivity contribution in [3.63, 3.8) is 0 Å². The van der Waals surface area contributed by atoms with Crippen LogP contribution in [0.1, 0.15) is 22.3 Å². The van der Waals surface area contributed by atoms with Gasteiger partial charge in [0, 0.05) is 19.0 Å². The van der Waals surface area contributed by atoms with Crippen molar-refractivity contribution in [2.75, 3.05) is 18.8 Å². The second-order valence-electron chi connectivity index (χ2n) is 4.56. The topological polar surface area (TPSA) is 96.5 Å². The van der Waals surface area contributed by atoms with Crippen molar-refractivity contribution in [3.8, 4) is 0 Å². The Morgan fingerprint density at radius 2 is 2.17 bits per heavy atom. The predicted octanol–water partition coefficient (Wildman–Crippen LogP) is 0.826. The SMILES string of the molecule is Cc1nc(N)sc1C(=O)N1CC(C(C)C(=O)O)C1. The van der Waals surface area contributed by atoms with Crippen LogP contribution in [0.5, 0.6) is 0 Å². The third-order valence-corrected chi connectivity index (χ3v) is 4.28. The number of anilines is 1. The summed E-state index contributed by atoms with van der Waals surface area (Å²) in [6, 6.07) is 0. The second kappa shape index (κ2) is 4.56. The molecule has 1 saturated heterocycles. The number of nitrogens with zero attached hydrogens (tertiary/aromatic N) is 2. The summed E-state index contributed by atoms with van der Waals surface area (Å²) in [6.07, 6.45) is 0. The molecule has 1 amide bonds. The molecular formula is C11H15N3O3S. The van der Waals surface area contributed by atoms with Crippen LogP contribution < -0.4 is 5.73 Å². The summed E-state index contributed by atoms with van der Waals surface area (Å²) in [4.78, 5) is 29.1. The number of hydrogen-bond acceptors (Lipinski definition) is 5. The summed E-state index contributed by atoms with van der Waals surface area (Å²) in [5, 5.41) is 9.26. The van der Waals surface area contributed by atoms with Crippen LogP contribution >= 0.6 is 11.3 Å². The molecule has 1 atom stereocenters. The number of likely N-dealkylation sites (tertiary alicyclic amines) is 1. The second-order valence-corrected chi connectivity index (χ2v) is 5.59. The lowest BCUT2D eigenvalue weighted by Crippen LogP contribution is -2.53. The van der Waals surface area contributed by atoms with Gasteiger partial charge in [0.2, 0.25) is 0 Å². The highest BCUT2D eigenvalue weighted by atomic mass is 32.1. The van der Waals surface area contributed by atoms with Gasteiger partial charge in [0.15, 0.2) is 5.13 Å². The molecule has 1 aliphatic rings. The minimum atomic E-state index is -0.815. The fourth-order valence-corrected chi connectivity index (χ4v) is 2.76. The number of thiazole rings is 1. The maximum atomic E-state index is 12.1. The van der Waals surface area contributed by atoms with Crippen molar-refractivity contribution >= 4 is 28.3 Å². The smallest absolute Gasteiger partial charge is 0.306 e. The molecule has 2 heterocycles.